The van der Waals surface area contributed by atoms with Gasteiger partial charge < -0.3 is 10.6 Å². The Balaban J connectivity index is 1.60. The van der Waals surface area contributed by atoms with Crippen molar-refractivity contribution in [3.05, 3.63) is 46.0 Å². The van der Waals surface area contributed by atoms with Gasteiger partial charge in [-0.1, -0.05) is 18.0 Å². The third kappa shape index (κ3) is 3.82. The molecule has 0 bridgehead atoms. The molecule has 0 saturated heterocycles. The highest BCUT2D eigenvalue weighted by Gasteiger charge is 2.16. The Hall–Kier alpha value is -2.08. The number of hydrogen-bond acceptors (Lipinski definition) is 2. The minimum atomic E-state index is -0.444. The van der Waals surface area contributed by atoms with Crippen molar-refractivity contribution in [3.8, 4) is 0 Å². The van der Waals surface area contributed by atoms with Crippen molar-refractivity contribution in [3.63, 3.8) is 0 Å². The van der Waals surface area contributed by atoms with Crippen molar-refractivity contribution in [2.24, 2.45) is 0 Å². The first-order chi connectivity index (χ1) is 11.1. The van der Waals surface area contributed by atoms with Crippen molar-refractivity contribution >= 4 is 23.3 Å². The summed E-state index contributed by atoms with van der Waals surface area (Å²) in [5, 5.41) is 12.9. The number of halogens is 2. The molecular weight excluding hydrogens is 319 g/mol. The Labute approximate surface area is 138 Å². The Kier molecular flexibility index (Phi) is 4.81. The molecule has 122 valence electrons. The van der Waals surface area contributed by atoms with E-state index in [0.29, 0.717) is 12.2 Å². The van der Waals surface area contributed by atoms with Crippen LogP contribution < -0.4 is 10.6 Å². The second-order valence-electron chi connectivity index (χ2n) is 5.62. The van der Waals surface area contributed by atoms with E-state index in [1.807, 2.05) is 0 Å². The molecule has 1 aliphatic carbocycles. The SMILES string of the molecule is O=C(NCc1n[nH]c2c1CCCCC2)Nc1ccc(F)cc1Cl. The van der Waals surface area contributed by atoms with Crippen LogP contribution in [0.25, 0.3) is 0 Å². The number of nitrogens with one attached hydrogen (secondary N) is 3. The minimum Gasteiger partial charge on any atom is -0.332 e. The number of H-pyrrole nitrogens is 1. The number of anilines is 1. The van der Waals surface area contributed by atoms with Gasteiger partial charge >= 0.3 is 6.03 Å². The van der Waals surface area contributed by atoms with Gasteiger partial charge in [0.2, 0.25) is 0 Å². The minimum absolute atomic E-state index is 0.161. The maximum atomic E-state index is 13.0. The van der Waals surface area contributed by atoms with Crippen molar-refractivity contribution in [1.29, 1.82) is 0 Å². The third-order valence-corrected chi connectivity index (χ3v) is 4.30. The molecule has 3 rings (SSSR count). The summed E-state index contributed by atoms with van der Waals surface area (Å²) in [5.41, 5.74) is 3.65. The second-order valence-corrected chi connectivity index (χ2v) is 6.03. The van der Waals surface area contributed by atoms with E-state index in [1.54, 1.807) is 0 Å². The lowest BCUT2D eigenvalue weighted by atomic mass is 10.1. The van der Waals surface area contributed by atoms with E-state index in [9.17, 15) is 9.18 Å². The van der Waals surface area contributed by atoms with Gasteiger partial charge in [-0.15, -0.1) is 0 Å². The lowest BCUT2D eigenvalue weighted by molar-refractivity contribution is 0.251. The van der Waals surface area contributed by atoms with Crippen molar-refractivity contribution in [2.45, 2.75) is 38.6 Å². The summed E-state index contributed by atoms with van der Waals surface area (Å²) in [6, 6.07) is 3.43. The standard InChI is InChI=1S/C16H18ClFN4O/c17-12-8-10(18)6-7-14(12)20-16(23)19-9-15-11-4-2-1-3-5-13(11)21-22-15/h6-8H,1-5,9H2,(H,21,22)(H2,19,20,23). The lowest BCUT2D eigenvalue weighted by Crippen LogP contribution is -2.28. The highest BCUT2D eigenvalue weighted by molar-refractivity contribution is 6.33. The molecule has 7 heteroatoms. The first-order valence-electron chi connectivity index (χ1n) is 7.68. The number of hydrogen-bond donors (Lipinski definition) is 3. The van der Waals surface area contributed by atoms with Crippen LogP contribution in [-0.2, 0) is 19.4 Å². The topological polar surface area (TPSA) is 69.8 Å². The van der Waals surface area contributed by atoms with E-state index in [4.69, 9.17) is 11.6 Å². The van der Waals surface area contributed by atoms with Crippen LogP contribution in [0.5, 0.6) is 0 Å². The zero-order valence-corrected chi connectivity index (χ0v) is 13.3. The van der Waals surface area contributed by atoms with Gasteiger partial charge in [0, 0.05) is 5.69 Å². The first kappa shape index (κ1) is 15.8. The molecule has 0 unspecified atom stereocenters. The van der Waals surface area contributed by atoms with Crippen molar-refractivity contribution in [1.82, 2.24) is 15.5 Å². The molecule has 0 saturated carbocycles. The number of amides is 2. The van der Waals surface area contributed by atoms with E-state index < -0.39 is 11.8 Å². The third-order valence-electron chi connectivity index (χ3n) is 3.99. The van der Waals surface area contributed by atoms with E-state index in [1.165, 1.54) is 36.2 Å². The van der Waals surface area contributed by atoms with Crippen LogP contribution in [0, 0.1) is 5.82 Å². The van der Waals surface area contributed by atoms with Crippen LogP contribution in [0.15, 0.2) is 18.2 Å². The van der Waals surface area contributed by atoms with Gasteiger partial charge in [0.05, 0.1) is 22.9 Å². The number of nitrogens with zero attached hydrogens (tertiary/aromatic N) is 1. The number of benzene rings is 1. The van der Waals surface area contributed by atoms with Crippen LogP contribution in [0.1, 0.15) is 36.2 Å². The number of rotatable bonds is 3. The van der Waals surface area contributed by atoms with E-state index in [-0.39, 0.29) is 5.02 Å². The zero-order chi connectivity index (χ0) is 16.2. The fourth-order valence-corrected chi connectivity index (χ4v) is 3.01. The van der Waals surface area contributed by atoms with Crippen LogP contribution >= 0.6 is 11.6 Å². The molecule has 0 spiro atoms. The molecule has 0 atom stereocenters. The molecule has 1 aliphatic rings. The summed E-state index contributed by atoms with van der Waals surface area (Å²) in [5.74, 6) is -0.444. The van der Waals surface area contributed by atoms with Gasteiger partial charge in [-0.25, -0.2) is 9.18 Å². The second kappa shape index (κ2) is 7.00. The Morgan fingerprint density at radius 3 is 2.96 bits per heavy atom. The molecule has 2 aromatic rings. The van der Waals surface area contributed by atoms with Gasteiger partial charge in [-0.3, -0.25) is 5.10 Å². The summed E-state index contributed by atoms with van der Waals surface area (Å²) in [7, 11) is 0. The van der Waals surface area contributed by atoms with Gasteiger partial charge in [-0.2, -0.15) is 5.10 Å². The van der Waals surface area contributed by atoms with Crippen LogP contribution in [-0.4, -0.2) is 16.2 Å². The van der Waals surface area contributed by atoms with Gasteiger partial charge in [-0.05, 0) is 49.4 Å². The summed E-state index contributed by atoms with van der Waals surface area (Å²) < 4.78 is 13.0. The van der Waals surface area contributed by atoms with E-state index >= 15 is 0 Å². The largest absolute Gasteiger partial charge is 0.332 e. The maximum Gasteiger partial charge on any atom is 0.319 e. The fraction of sp³-hybridized carbons (Fsp3) is 0.375. The monoisotopic (exact) mass is 336 g/mol. The molecule has 5 nitrogen and oxygen atoms in total. The van der Waals surface area contributed by atoms with Gasteiger partial charge in [0.25, 0.3) is 0 Å². The van der Waals surface area contributed by atoms with E-state index in [0.717, 1.165) is 31.0 Å². The number of carbonyl (C=O) groups excluding carboxylic acids is 1. The molecular formula is C16H18ClFN4O. The number of fused-ring (bicyclic) bond motifs is 1. The summed E-state index contributed by atoms with van der Waals surface area (Å²) in [4.78, 5) is 12.0. The molecule has 1 aromatic carbocycles. The predicted octanol–water partition coefficient (Wildman–Crippen LogP) is 3.79. The zero-order valence-electron chi connectivity index (χ0n) is 12.6. The summed E-state index contributed by atoms with van der Waals surface area (Å²) >= 11 is 5.89. The number of aromatic nitrogens is 2. The quantitative estimate of drug-likeness (QED) is 0.746. The molecule has 1 aromatic heterocycles. The van der Waals surface area contributed by atoms with Crippen molar-refractivity contribution in [2.75, 3.05) is 5.32 Å². The van der Waals surface area contributed by atoms with Gasteiger partial charge in [0.15, 0.2) is 0 Å². The first-order valence-corrected chi connectivity index (χ1v) is 8.06. The summed E-state index contributed by atoms with van der Waals surface area (Å²) in [6.07, 6.45) is 5.55. The molecule has 0 aliphatic heterocycles. The van der Waals surface area contributed by atoms with Gasteiger partial charge in [0.1, 0.15) is 5.82 Å². The highest BCUT2D eigenvalue weighted by atomic mass is 35.5. The molecule has 2 amide bonds. The Bertz CT molecular complexity index is 716. The van der Waals surface area contributed by atoms with E-state index in [2.05, 4.69) is 20.8 Å². The molecule has 23 heavy (non-hydrogen) atoms. The average molecular weight is 337 g/mol. The number of urea groups is 1. The molecule has 0 fully saturated rings. The number of aryl methyl sites for hydroxylation is 1. The Morgan fingerprint density at radius 1 is 1.30 bits per heavy atom. The predicted molar refractivity (Wildman–Crippen MR) is 87.1 cm³/mol. The molecule has 3 N–H and O–H groups in total. The van der Waals surface area contributed by atoms with Crippen LogP contribution in [0.3, 0.4) is 0 Å². The lowest BCUT2D eigenvalue weighted by Gasteiger charge is -2.09. The van der Waals surface area contributed by atoms with Crippen LogP contribution in [0.2, 0.25) is 5.02 Å². The number of carbonyl (C=O) groups is 1. The molecule has 0 radical (unpaired) electrons. The normalized spacial score (nSPS) is 14.0. The fourth-order valence-electron chi connectivity index (χ4n) is 2.79. The van der Waals surface area contributed by atoms with Crippen LogP contribution in [0.4, 0.5) is 14.9 Å². The maximum absolute atomic E-state index is 13.0. The Morgan fingerprint density at radius 2 is 2.13 bits per heavy atom. The average Bonchev–Trinajstić information content (AvgIpc) is 2.75. The smallest absolute Gasteiger partial charge is 0.319 e. The highest BCUT2D eigenvalue weighted by Crippen LogP contribution is 2.23. The molecule has 1 heterocycles. The summed E-state index contributed by atoms with van der Waals surface area (Å²) in [6.45, 7) is 0.344. The van der Waals surface area contributed by atoms with Crippen molar-refractivity contribution < 1.29 is 9.18 Å². The number of aromatic amines is 1.